The molecule has 0 radical (unpaired) electrons. The summed E-state index contributed by atoms with van der Waals surface area (Å²) in [6.45, 7) is 2.40. The summed E-state index contributed by atoms with van der Waals surface area (Å²) in [5.74, 6) is -0.268. The number of nitrogens with two attached hydrogens (primary N) is 1. The summed E-state index contributed by atoms with van der Waals surface area (Å²) < 4.78 is 0. The van der Waals surface area contributed by atoms with Gasteiger partial charge < -0.3 is 16.0 Å². The van der Waals surface area contributed by atoms with Gasteiger partial charge in [0, 0.05) is 25.3 Å². The lowest BCUT2D eigenvalue weighted by Crippen LogP contribution is -2.18. The minimum Gasteiger partial charge on any atom is -0.365 e. The Hall–Kier alpha value is -2.60. The van der Waals surface area contributed by atoms with Crippen LogP contribution in [-0.4, -0.2) is 29.2 Å². The molecule has 0 bridgehead atoms. The van der Waals surface area contributed by atoms with E-state index < -0.39 is 5.91 Å². The van der Waals surface area contributed by atoms with E-state index in [-0.39, 0.29) is 10.7 Å². The van der Waals surface area contributed by atoms with Crippen LogP contribution in [0.4, 0.5) is 11.5 Å². The molecule has 6 nitrogen and oxygen atoms in total. The summed E-state index contributed by atoms with van der Waals surface area (Å²) in [5, 5.41) is 10.8. The number of primary amides is 1. The number of hydrogen-bond donors (Lipinski definition) is 2. The van der Waals surface area contributed by atoms with E-state index in [1.54, 1.807) is 0 Å². The molecule has 0 saturated carbocycles. The van der Waals surface area contributed by atoms with Gasteiger partial charge in [0.2, 0.25) is 0 Å². The van der Waals surface area contributed by atoms with Gasteiger partial charge in [-0.05, 0) is 23.8 Å². The quantitative estimate of drug-likeness (QED) is 0.822. The van der Waals surface area contributed by atoms with Crippen molar-refractivity contribution in [2.75, 3.05) is 23.3 Å². The van der Waals surface area contributed by atoms with Crippen LogP contribution in [0.1, 0.15) is 15.9 Å². The molecule has 0 fully saturated rings. The summed E-state index contributed by atoms with van der Waals surface area (Å²) >= 11 is 5.74. The van der Waals surface area contributed by atoms with Crippen LogP contribution in [0.3, 0.4) is 0 Å². The van der Waals surface area contributed by atoms with Gasteiger partial charge in [0.15, 0.2) is 11.0 Å². The van der Waals surface area contributed by atoms with E-state index in [0.717, 1.165) is 18.7 Å². The Morgan fingerprint density at radius 2 is 1.91 bits per heavy atom. The number of amides is 1. The molecule has 1 aliphatic heterocycles. The number of anilines is 2. The number of halogens is 1. The summed E-state index contributed by atoms with van der Waals surface area (Å²) in [4.78, 5) is 13.7. The van der Waals surface area contributed by atoms with Crippen LogP contribution in [0.5, 0.6) is 0 Å². The molecule has 1 aromatic carbocycles. The Bertz CT molecular complexity index is 737. The number of carbonyl (C=O) groups is 1. The molecule has 118 valence electrons. The van der Waals surface area contributed by atoms with Crippen molar-refractivity contribution in [3.05, 3.63) is 58.8 Å². The molecule has 1 aliphatic rings. The van der Waals surface area contributed by atoms with E-state index in [2.05, 4.69) is 44.7 Å². The van der Waals surface area contributed by atoms with Crippen LogP contribution in [0.25, 0.3) is 0 Å². The van der Waals surface area contributed by atoms with E-state index in [1.807, 2.05) is 12.1 Å². The number of hydrogen-bond acceptors (Lipinski definition) is 5. The number of nitrogens with one attached hydrogen (secondary N) is 1. The third kappa shape index (κ3) is 3.60. The van der Waals surface area contributed by atoms with Gasteiger partial charge in [0.1, 0.15) is 0 Å². The number of carbonyl (C=O) groups excluding carboxylic acids is 1. The molecule has 1 aromatic heterocycles. The normalized spacial score (nSPS) is 13.3. The highest BCUT2D eigenvalue weighted by molar-refractivity contribution is 6.29. The largest absolute Gasteiger partial charge is 0.365 e. The summed E-state index contributed by atoms with van der Waals surface area (Å²) in [5.41, 5.74) is 7.80. The topological polar surface area (TPSA) is 84.1 Å². The molecule has 2 heterocycles. The highest BCUT2D eigenvalue weighted by Crippen LogP contribution is 2.19. The van der Waals surface area contributed by atoms with Gasteiger partial charge in [-0.2, -0.15) is 0 Å². The molecular weight excluding hydrogens is 314 g/mol. The zero-order valence-electron chi connectivity index (χ0n) is 12.4. The fourth-order valence-corrected chi connectivity index (χ4v) is 2.53. The zero-order valence-corrected chi connectivity index (χ0v) is 13.1. The van der Waals surface area contributed by atoms with Crippen LogP contribution in [0, 0.1) is 0 Å². The SMILES string of the molecule is NC(=O)c1cc(Cl)nnc1NCc1ccc(N2CC=CC2)cc1. The maximum Gasteiger partial charge on any atom is 0.252 e. The molecule has 1 amide bonds. The summed E-state index contributed by atoms with van der Waals surface area (Å²) in [7, 11) is 0. The second-order valence-corrected chi connectivity index (χ2v) is 5.58. The first kappa shape index (κ1) is 15.3. The van der Waals surface area contributed by atoms with Gasteiger partial charge >= 0.3 is 0 Å². The average molecular weight is 330 g/mol. The fraction of sp³-hybridized carbons (Fsp3) is 0.188. The molecule has 0 aliphatic carbocycles. The number of nitrogens with zero attached hydrogens (tertiary/aromatic N) is 3. The Balaban J connectivity index is 1.67. The maximum absolute atomic E-state index is 11.4. The van der Waals surface area contributed by atoms with E-state index in [9.17, 15) is 4.79 Å². The fourth-order valence-electron chi connectivity index (χ4n) is 2.39. The monoisotopic (exact) mass is 329 g/mol. The predicted octanol–water partition coefficient (Wildman–Crippen LogP) is 2.22. The molecule has 2 aromatic rings. The maximum atomic E-state index is 11.4. The van der Waals surface area contributed by atoms with Gasteiger partial charge in [0.05, 0.1) is 5.56 Å². The lowest BCUT2D eigenvalue weighted by atomic mass is 10.2. The summed E-state index contributed by atoms with van der Waals surface area (Å²) in [6.07, 6.45) is 4.31. The van der Waals surface area contributed by atoms with Crippen molar-refractivity contribution in [2.45, 2.75) is 6.54 Å². The standard InChI is InChI=1S/C16H16ClN5O/c17-14-9-13(15(18)23)16(21-20-14)19-10-11-3-5-12(6-4-11)22-7-1-2-8-22/h1-6,9H,7-8,10H2,(H2,18,23)(H,19,21). The van der Waals surface area contributed by atoms with E-state index in [0.29, 0.717) is 12.4 Å². The smallest absolute Gasteiger partial charge is 0.252 e. The lowest BCUT2D eigenvalue weighted by Gasteiger charge is -2.18. The van der Waals surface area contributed by atoms with Gasteiger partial charge in [-0.25, -0.2) is 0 Å². The minimum atomic E-state index is -0.596. The van der Waals surface area contributed by atoms with Gasteiger partial charge in [-0.3, -0.25) is 4.79 Å². The van der Waals surface area contributed by atoms with Crippen molar-refractivity contribution in [3.8, 4) is 0 Å². The van der Waals surface area contributed by atoms with Crippen molar-refractivity contribution < 1.29 is 4.79 Å². The zero-order chi connectivity index (χ0) is 16.2. The molecule has 0 unspecified atom stereocenters. The Kier molecular flexibility index (Phi) is 4.43. The number of aromatic nitrogens is 2. The molecular formula is C16H16ClN5O. The number of benzene rings is 1. The molecule has 0 spiro atoms. The second kappa shape index (κ2) is 6.66. The average Bonchev–Trinajstić information content (AvgIpc) is 3.08. The molecule has 23 heavy (non-hydrogen) atoms. The highest BCUT2D eigenvalue weighted by Gasteiger charge is 2.12. The minimum absolute atomic E-state index is 0.132. The van der Waals surface area contributed by atoms with E-state index in [4.69, 9.17) is 17.3 Å². The molecule has 0 atom stereocenters. The summed E-state index contributed by atoms with van der Waals surface area (Å²) in [6, 6.07) is 9.63. The molecule has 0 saturated heterocycles. The van der Waals surface area contributed by atoms with Crippen molar-refractivity contribution in [2.24, 2.45) is 5.73 Å². The van der Waals surface area contributed by atoms with Crippen molar-refractivity contribution >= 4 is 29.0 Å². The van der Waals surface area contributed by atoms with Gasteiger partial charge in [-0.15, -0.1) is 10.2 Å². The highest BCUT2D eigenvalue weighted by atomic mass is 35.5. The first-order valence-electron chi connectivity index (χ1n) is 7.19. The Morgan fingerprint density at radius 3 is 2.57 bits per heavy atom. The van der Waals surface area contributed by atoms with Gasteiger partial charge in [0.25, 0.3) is 5.91 Å². The van der Waals surface area contributed by atoms with Crippen LogP contribution in [-0.2, 0) is 6.54 Å². The van der Waals surface area contributed by atoms with Gasteiger partial charge in [-0.1, -0.05) is 35.9 Å². The molecule has 3 rings (SSSR count). The van der Waals surface area contributed by atoms with Crippen molar-refractivity contribution in [1.82, 2.24) is 10.2 Å². The van der Waals surface area contributed by atoms with Crippen LogP contribution < -0.4 is 16.0 Å². The third-order valence-corrected chi connectivity index (χ3v) is 3.79. The van der Waals surface area contributed by atoms with Crippen LogP contribution in [0.15, 0.2) is 42.5 Å². The van der Waals surface area contributed by atoms with Crippen molar-refractivity contribution in [1.29, 1.82) is 0 Å². The lowest BCUT2D eigenvalue weighted by molar-refractivity contribution is 0.100. The van der Waals surface area contributed by atoms with E-state index in [1.165, 1.54) is 11.8 Å². The third-order valence-electron chi connectivity index (χ3n) is 3.61. The van der Waals surface area contributed by atoms with E-state index >= 15 is 0 Å². The number of rotatable bonds is 5. The Labute approximate surface area is 139 Å². The van der Waals surface area contributed by atoms with Crippen LogP contribution >= 0.6 is 11.6 Å². The Morgan fingerprint density at radius 1 is 1.22 bits per heavy atom. The predicted molar refractivity (Wildman–Crippen MR) is 90.7 cm³/mol. The molecule has 3 N–H and O–H groups in total. The first-order valence-corrected chi connectivity index (χ1v) is 7.57. The first-order chi connectivity index (χ1) is 11.1. The van der Waals surface area contributed by atoms with Crippen LogP contribution in [0.2, 0.25) is 5.15 Å². The second-order valence-electron chi connectivity index (χ2n) is 5.19. The van der Waals surface area contributed by atoms with Crippen molar-refractivity contribution in [3.63, 3.8) is 0 Å². The molecule has 7 heteroatoms.